The molecule has 1 aliphatic carbocycles. The van der Waals surface area contributed by atoms with E-state index in [1.54, 1.807) is 0 Å². The number of amides is 1. The van der Waals surface area contributed by atoms with Crippen LogP contribution in [0.4, 0.5) is 13.6 Å². The maximum Gasteiger partial charge on any atom is 0.342 e. The number of nitrogens with one attached hydrogen (secondary N) is 1. The zero-order chi connectivity index (χ0) is 19.8. The van der Waals surface area contributed by atoms with Crippen LogP contribution >= 0.6 is 0 Å². The van der Waals surface area contributed by atoms with Crippen LogP contribution in [0.5, 0.6) is 0 Å². The van der Waals surface area contributed by atoms with Crippen molar-refractivity contribution in [3.63, 3.8) is 0 Å². The van der Waals surface area contributed by atoms with E-state index in [4.69, 9.17) is 0 Å². The zero-order valence-electron chi connectivity index (χ0n) is 15.9. The van der Waals surface area contributed by atoms with Gasteiger partial charge >= 0.3 is 6.03 Å². The average Bonchev–Trinajstić information content (AvgIpc) is 3.00. The molecule has 146 valence electrons. The molecule has 1 aliphatic rings. The van der Waals surface area contributed by atoms with Crippen LogP contribution in [0.15, 0.2) is 18.2 Å². The molecular formula is C20H25F2N3O2. The summed E-state index contributed by atoms with van der Waals surface area (Å²) in [4.78, 5) is 12.8. The van der Waals surface area contributed by atoms with Crippen LogP contribution in [-0.4, -0.2) is 33.6 Å². The number of nitrogens with zero attached hydrogens (tertiary/aromatic N) is 2. The number of aliphatic hydroxyl groups is 1. The van der Waals surface area contributed by atoms with Gasteiger partial charge in [-0.25, -0.2) is 13.6 Å². The monoisotopic (exact) mass is 377 g/mol. The first-order valence-electron chi connectivity index (χ1n) is 9.20. The molecule has 27 heavy (non-hydrogen) atoms. The Morgan fingerprint density at radius 1 is 1.26 bits per heavy atom. The third-order valence-corrected chi connectivity index (χ3v) is 5.09. The van der Waals surface area contributed by atoms with Gasteiger partial charge in [-0.2, -0.15) is 9.78 Å². The molecule has 0 unspecified atom stereocenters. The second kappa shape index (κ2) is 7.38. The van der Waals surface area contributed by atoms with Crippen LogP contribution in [0.2, 0.25) is 0 Å². The minimum Gasteiger partial charge on any atom is -0.394 e. The molecule has 0 radical (unpaired) electrons. The van der Waals surface area contributed by atoms with Gasteiger partial charge < -0.3 is 10.4 Å². The van der Waals surface area contributed by atoms with Crippen molar-refractivity contribution in [1.82, 2.24) is 15.1 Å². The van der Waals surface area contributed by atoms with Crippen molar-refractivity contribution in [2.75, 3.05) is 6.61 Å². The highest BCUT2D eigenvalue weighted by atomic mass is 19.2. The molecule has 5 nitrogen and oxygen atoms in total. The van der Waals surface area contributed by atoms with Gasteiger partial charge in [-0.15, -0.1) is 0 Å². The number of aliphatic hydroxyl groups excluding tert-OH is 1. The number of fused-ring (bicyclic) bond motifs is 1. The average molecular weight is 377 g/mol. The van der Waals surface area contributed by atoms with E-state index in [1.165, 1.54) is 10.7 Å². The summed E-state index contributed by atoms with van der Waals surface area (Å²) < 4.78 is 28.3. The molecule has 7 heteroatoms. The summed E-state index contributed by atoms with van der Waals surface area (Å²) >= 11 is 0. The number of carbonyl (C=O) groups is 1. The molecule has 0 spiro atoms. The van der Waals surface area contributed by atoms with Crippen molar-refractivity contribution in [3.8, 4) is 11.3 Å². The number of hydrogen-bond donors (Lipinski definition) is 2. The summed E-state index contributed by atoms with van der Waals surface area (Å²) in [6.07, 6.45) is 3.32. The molecule has 0 aliphatic heterocycles. The lowest BCUT2D eigenvalue weighted by Gasteiger charge is -2.29. The van der Waals surface area contributed by atoms with E-state index in [2.05, 4.69) is 10.4 Å². The van der Waals surface area contributed by atoms with Crippen LogP contribution in [-0.2, 0) is 12.8 Å². The lowest BCUT2D eigenvalue weighted by Crippen LogP contribution is -2.48. The molecule has 3 rings (SSSR count). The highest BCUT2D eigenvalue weighted by molar-refractivity contribution is 5.79. The SMILES string of the molecule is CC(C)(C)[C@@H](CO)NC(=O)n1nc(-c2ccc(F)c(F)c2)c2c1CCCC2. The van der Waals surface area contributed by atoms with Gasteiger partial charge in [0, 0.05) is 11.1 Å². The van der Waals surface area contributed by atoms with E-state index in [1.807, 2.05) is 20.8 Å². The van der Waals surface area contributed by atoms with Gasteiger partial charge in [0.1, 0.15) is 0 Å². The Morgan fingerprint density at radius 2 is 1.96 bits per heavy atom. The third kappa shape index (κ3) is 3.88. The largest absolute Gasteiger partial charge is 0.394 e. The Hall–Kier alpha value is -2.28. The van der Waals surface area contributed by atoms with E-state index in [0.717, 1.165) is 42.7 Å². The Morgan fingerprint density at radius 3 is 2.59 bits per heavy atom. The normalized spacial score (nSPS) is 15.3. The van der Waals surface area contributed by atoms with E-state index in [0.29, 0.717) is 17.7 Å². The number of halogens is 2. The van der Waals surface area contributed by atoms with Gasteiger partial charge in [-0.1, -0.05) is 20.8 Å². The number of aromatic nitrogens is 2. The summed E-state index contributed by atoms with van der Waals surface area (Å²) in [7, 11) is 0. The fraction of sp³-hybridized carbons (Fsp3) is 0.500. The Kier molecular flexibility index (Phi) is 5.33. The minimum atomic E-state index is -0.941. The molecule has 0 fully saturated rings. The molecule has 1 atom stereocenters. The van der Waals surface area contributed by atoms with Crippen LogP contribution in [0, 0.1) is 17.0 Å². The van der Waals surface area contributed by atoms with Crippen molar-refractivity contribution in [1.29, 1.82) is 0 Å². The van der Waals surface area contributed by atoms with E-state index >= 15 is 0 Å². The van der Waals surface area contributed by atoms with Gasteiger partial charge in [-0.05, 0) is 49.3 Å². The first-order chi connectivity index (χ1) is 12.7. The van der Waals surface area contributed by atoms with Gasteiger partial charge in [0.15, 0.2) is 11.6 Å². The van der Waals surface area contributed by atoms with Crippen LogP contribution < -0.4 is 5.32 Å². The third-order valence-electron chi connectivity index (χ3n) is 5.09. The standard InChI is InChI=1S/C20H25F2N3O2/c1-20(2,3)17(11-26)23-19(27)25-16-7-5-4-6-13(16)18(24-25)12-8-9-14(21)15(22)10-12/h8-10,17,26H,4-7,11H2,1-3H3,(H,23,27)/t17-/m1/s1. The van der Waals surface area contributed by atoms with Gasteiger partial charge in [-0.3, -0.25) is 0 Å². The molecule has 0 saturated carbocycles. The minimum absolute atomic E-state index is 0.186. The first-order valence-corrected chi connectivity index (χ1v) is 9.20. The van der Waals surface area contributed by atoms with Crippen molar-refractivity contribution < 1.29 is 18.7 Å². The maximum absolute atomic E-state index is 13.7. The molecule has 1 aromatic carbocycles. The molecule has 1 aromatic heterocycles. The summed E-state index contributed by atoms with van der Waals surface area (Å²) in [6, 6.07) is 2.81. The van der Waals surface area contributed by atoms with Crippen LogP contribution in [0.1, 0.15) is 44.9 Å². The summed E-state index contributed by atoms with van der Waals surface area (Å²) in [5.41, 5.74) is 2.34. The van der Waals surface area contributed by atoms with E-state index in [-0.39, 0.29) is 12.0 Å². The van der Waals surface area contributed by atoms with Crippen molar-refractivity contribution in [2.24, 2.45) is 5.41 Å². The van der Waals surface area contributed by atoms with Crippen molar-refractivity contribution in [2.45, 2.75) is 52.5 Å². The topological polar surface area (TPSA) is 67.2 Å². The smallest absolute Gasteiger partial charge is 0.342 e. The van der Waals surface area contributed by atoms with Crippen molar-refractivity contribution >= 4 is 6.03 Å². The molecule has 1 amide bonds. The first kappa shape index (κ1) is 19.5. The summed E-state index contributed by atoms with van der Waals surface area (Å²) in [6.45, 7) is 5.60. The van der Waals surface area contributed by atoms with Crippen LogP contribution in [0.25, 0.3) is 11.3 Å². The highest BCUT2D eigenvalue weighted by Crippen LogP contribution is 2.32. The predicted octanol–water partition coefficient (Wildman–Crippen LogP) is 3.67. The summed E-state index contributed by atoms with van der Waals surface area (Å²) in [5.74, 6) is -1.86. The van der Waals surface area contributed by atoms with Gasteiger partial charge in [0.2, 0.25) is 0 Å². The Balaban J connectivity index is 2.00. The second-order valence-corrected chi connectivity index (χ2v) is 8.07. The van der Waals surface area contributed by atoms with Crippen LogP contribution in [0.3, 0.4) is 0 Å². The molecule has 0 bridgehead atoms. The number of rotatable bonds is 3. The Bertz CT molecular complexity index is 856. The quantitative estimate of drug-likeness (QED) is 0.858. The fourth-order valence-electron chi connectivity index (χ4n) is 3.39. The number of benzene rings is 1. The van der Waals surface area contributed by atoms with Crippen molar-refractivity contribution in [3.05, 3.63) is 41.1 Å². The highest BCUT2D eigenvalue weighted by Gasteiger charge is 2.29. The van der Waals surface area contributed by atoms with Gasteiger partial charge in [0.05, 0.1) is 24.0 Å². The predicted molar refractivity (Wildman–Crippen MR) is 98.5 cm³/mol. The fourth-order valence-corrected chi connectivity index (χ4v) is 3.39. The lowest BCUT2D eigenvalue weighted by molar-refractivity contribution is 0.158. The maximum atomic E-state index is 13.7. The van der Waals surface area contributed by atoms with E-state index in [9.17, 15) is 18.7 Å². The molecular weight excluding hydrogens is 352 g/mol. The molecule has 1 heterocycles. The summed E-state index contributed by atoms with van der Waals surface area (Å²) in [5, 5.41) is 16.9. The second-order valence-electron chi connectivity index (χ2n) is 8.07. The van der Waals surface area contributed by atoms with Gasteiger partial charge in [0.25, 0.3) is 0 Å². The number of carbonyl (C=O) groups excluding carboxylic acids is 1. The van der Waals surface area contributed by atoms with E-state index < -0.39 is 23.7 Å². The molecule has 2 N–H and O–H groups in total. The lowest BCUT2D eigenvalue weighted by atomic mass is 9.87. The zero-order valence-corrected chi connectivity index (χ0v) is 15.9. The Labute approximate surface area is 157 Å². The molecule has 2 aromatic rings. The number of hydrogen-bond acceptors (Lipinski definition) is 3. The molecule has 0 saturated heterocycles.